The number of aliphatic hydroxyl groups excluding tert-OH is 1. The van der Waals surface area contributed by atoms with E-state index in [1.165, 1.54) is 17.4 Å². The number of nitrogens with zero attached hydrogens (tertiary/aromatic N) is 3. The number of rotatable bonds is 6. The first kappa shape index (κ1) is 19.6. The Morgan fingerprint density at radius 2 is 2.10 bits per heavy atom. The molecule has 3 fully saturated rings. The number of oxazole rings is 1. The maximum atomic E-state index is 14.5. The Balaban J connectivity index is 1.58. The van der Waals surface area contributed by atoms with E-state index in [1.54, 1.807) is 17.6 Å². The van der Waals surface area contributed by atoms with Crippen molar-refractivity contribution in [2.24, 2.45) is 0 Å². The number of halogens is 2. The zero-order valence-electron chi connectivity index (χ0n) is 16.0. The van der Waals surface area contributed by atoms with E-state index in [-0.39, 0.29) is 16.8 Å². The van der Waals surface area contributed by atoms with Crippen molar-refractivity contribution in [1.29, 1.82) is 0 Å². The van der Waals surface area contributed by atoms with E-state index in [0.29, 0.717) is 41.8 Å². The van der Waals surface area contributed by atoms with Crippen LogP contribution in [0.1, 0.15) is 13.3 Å². The Morgan fingerprint density at radius 1 is 1.37 bits per heavy atom. The lowest BCUT2D eigenvalue weighted by Crippen LogP contribution is -2.67. The number of alkyl halides is 2. The van der Waals surface area contributed by atoms with Gasteiger partial charge in [-0.2, -0.15) is 13.8 Å². The Hall–Kier alpha value is -2.34. The highest BCUT2D eigenvalue weighted by Gasteiger charge is 2.52. The fraction of sp³-hybridized carbons (Fsp3) is 0.474. The van der Waals surface area contributed by atoms with Crippen molar-refractivity contribution < 1.29 is 28.1 Å². The molecule has 11 heteroatoms. The van der Waals surface area contributed by atoms with Gasteiger partial charge < -0.3 is 29.6 Å². The third kappa shape index (κ3) is 3.13. The van der Waals surface area contributed by atoms with Gasteiger partial charge in [-0.05, 0) is 25.5 Å². The predicted octanol–water partition coefficient (Wildman–Crippen LogP) is 2.22. The number of ether oxygens (including phenoxy) is 1. The standard InChI is InChI=1S/C19H20F2N4O4S/c1-18(27,9-26)19(20,21)29-13-3-2-12(16-22-4-5-30-16)15-14(13)24-17(28-15)25-7-10-6-11(8-25)23-10/h2-5,10-11,23,26-27H,6-9H2,1H3/t10?,11?,18-/m1/s1. The highest BCUT2D eigenvalue weighted by Crippen LogP contribution is 2.41. The number of aliphatic hydroxyl groups is 2. The third-order valence-corrected chi connectivity index (χ3v) is 6.33. The molecule has 0 amide bonds. The Bertz CT molecular complexity index is 1060. The Labute approximate surface area is 174 Å². The van der Waals surface area contributed by atoms with Crippen molar-refractivity contribution in [3.63, 3.8) is 0 Å². The largest absolute Gasteiger partial charge is 0.429 e. The van der Waals surface area contributed by atoms with Gasteiger partial charge in [-0.1, -0.05) is 0 Å². The van der Waals surface area contributed by atoms with Crippen LogP contribution in [0.4, 0.5) is 14.8 Å². The van der Waals surface area contributed by atoms with Gasteiger partial charge in [0, 0.05) is 36.8 Å². The van der Waals surface area contributed by atoms with Gasteiger partial charge in [0.1, 0.15) is 5.01 Å². The Kier molecular flexibility index (Phi) is 4.47. The first-order valence-electron chi connectivity index (χ1n) is 9.52. The van der Waals surface area contributed by atoms with E-state index in [2.05, 4.69) is 15.3 Å². The molecule has 160 valence electrons. The average molecular weight is 438 g/mol. The number of anilines is 1. The van der Waals surface area contributed by atoms with Crippen LogP contribution in [-0.4, -0.2) is 63.7 Å². The van der Waals surface area contributed by atoms with Gasteiger partial charge in [0.2, 0.25) is 0 Å². The first-order valence-corrected chi connectivity index (χ1v) is 10.4. The van der Waals surface area contributed by atoms with Gasteiger partial charge in [-0.15, -0.1) is 11.3 Å². The molecule has 0 aliphatic carbocycles. The van der Waals surface area contributed by atoms with Gasteiger partial charge in [-0.25, -0.2) is 4.98 Å². The fourth-order valence-corrected chi connectivity index (χ4v) is 4.38. The number of piperazine rings is 1. The third-order valence-electron chi connectivity index (χ3n) is 5.52. The molecule has 0 spiro atoms. The molecule has 3 N–H and O–H groups in total. The molecule has 30 heavy (non-hydrogen) atoms. The lowest BCUT2D eigenvalue weighted by Gasteiger charge is -2.47. The molecule has 2 aromatic heterocycles. The van der Waals surface area contributed by atoms with E-state index >= 15 is 0 Å². The normalized spacial score (nSPS) is 23.3. The summed E-state index contributed by atoms with van der Waals surface area (Å²) in [7, 11) is 0. The minimum Gasteiger partial charge on any atom is -0.428 e. The van der Waals surface area contributed by atoms with E-state index < -0.39 is 18.3 Å². The lowest BCUT2D eigenvalue weighted by atomic mass is 9.92. The van der Waals surface area contributed by atoms with Crippen molar-refractivity contribution >= 4 is 28.5 Å². The van der Waals surface area contributed by atoms with Gasteiger partial charge >= 0.3 is 6.11 Å². The molecule has 0 radical (unpaired) electrons. The van der Waals surface area contributed by atoms with Crippen LogP contribution in [0.25, 0.3) is 21.7 Å². The molecule has 1 aromatic carbocycles. The number of nitrogens with one attached hydrogen (secondary N) is 1. The number of hydrogen-bond acceptors (Lipinski definition) is 9. The molecule has 3 aliphatic rings. The maximum absolute atomic E-state index is 14.5. The monoisotopic (exact) mass is 438 g/mol. The molecular weight excluding hydrogens is 418 g/mol. The van der Waals surface area contributed by atoms with Gasteiger partial charge in [-0.3, -0.25) is 0 Å². The molecule has 2 bridgehead atoms. The van der Waals surface area contributed by atoms with Crippen LogP contribution in [0.3, 0.4) is 0 Å². The number of hydrogen-bond donors (Lipinski definition) is 3. The average Bonchev–Trinajstić information content (AvgIpc) is 3.38. The van der Waals surface area contributed by atoms with Gasteiger partial charge in [0.25, 0.3) is 6.01 Å². The van der Waals surface area contributed by atoms with Crippen molar-refractivity contribution in [3.05, 3.63) is 23.7 Å². The molecule has 6 rings (SSSR count). The van der Waals surface area contributed by atoms with E-state index in [0.717, 1.165) is 13.3 Å². The molecule has 0 saturated carbocycles. The number of thiazole rings is 1. The van der Waals surface area contributed by atoms with Crippen LogP contribution in [0.15, 0.2) is 28.1 Å². The van der Waals surface area contributed by atoms with Crippen molar-refractivity contribution in [2.75, 3.05) is 24.6 Å². The number of benzene rings is 1. The van der Waals surface area contributed by atoms with Crippen LogP contribution < -0.4 is 15.0 Å². The second-order valence-corrected chi connectivity index (χ2v) is 8.77. The van der Waals surface area contributed by atoms with Gasteiger partial charge in [0.05, 0.1) is 12.2 Å². The van der Waals surface area contributed by atoms with Crippen LogP contribution in [0.5, 0.6) is 5.75 Å². The number of aromatic nitrogens is 2. The Morgan fingerprint density at radius 3 is 2.73 bits per heavy atom. The summed E-state index contributed by atoms with van der Waals surface area (Å²) >= 11 is 1.39. The SMILES string of the molecule is C[C@@](O)(CO)C(F)(F)Oc1ccc(-c2nccs2)c2oc(N3CC4CC(C3)N4)nc12. The summed E-state index contributed by atoms with van der Waals surface area (Å²) in [5.41, 5.74) is -1.76. The van der Waals surface area contributed by atoms with Crippen molar-refractivity contribution in [1.82, 2.24) is 15.3 Å². The molecule has 3 saturated heterocycles. The second kappa shape index (κ2) is 6.84. The number of fused-ring (bicyclic) bond motifs is 3. The molecule has 2 unspecified atom stereocenters. The summed E-state index contributed by atoms with van der Waals surface area (Å²) in [6.07, 6.45) is -1.31. The maximum Gasteiger partial charge on any atom is 0.429 e. The summed E-state index contributed by atoms with van der Waals surface area (Å²) in [6.45, 7) is 1.05. The smallest absolute Gasteiger partial charge is 0.428 e. The zero-order valence-corrected chi connectivity index (χ0v) is 16.8. The number of piperidine rings is 1. The minimum absolute atomic E-state index is 0.110. The van der Waals surface area contributed by atoms with E-state index in [4.69, 9.17) is 14.3 Å². The van der Waals surface area contributed by atoms with E-state index in [9.17, 15) is 13.9 Å². The van der Waals surface area contributed by atoms with Crippen molar-refractivity contribution in [3.8, 4) is 16.3 Å². The zero-order chi connectivity index (χ0) is 21.1. The van der Waals surface area contributed by atoms with Gasteiger partial charge in [0.15, 0.2) is 22.5 Å². The minimum atomic E-state index is -4.05. The van der Waals surface area contributed by atoms with Crippen molar-refractivity contribution in [2.45, 2.75) is 37.1 Å². The fourth-order valence-electron chi connectivity index (χ4n) is 3.72. The molecule has 3 aromatic rings. The van der Waals surface area contributed by atoms with E-state index in [1.807, 2.05) is 4.90 Å². The lowest BCUT2D eigenvalue weighted by molar-refractivity contribution is -0.290. The summed E-state index contributed by atoms with van der Waals surface area (Å²) in [4.78, 5) is 10.7. The summed E-state index contributed by atoms with van der Waals surface area (Å²) in [5.74, 6) is -0.251. The highest BCUT2D eigenvalue weighted by molar-refractivity contribution is 7.13. The molecule has 5 heterocycles. The predicted molar refractivity (Wildman–Crippen MR) is 106 cm³/mol. The van der Waals surface area contributed by atoms with Crippen LogP contribution in [0.2, 0.25) is 0 Å². The van der Waals surface area contributed by atoms with Crippen LogP contribution >= 0.6 is 11.3 Å². The van der Waals surface area contributed by atoms with Crippen LogP contribution in [-0.2, 0) is 0 Å². The summed E-state index contributed by atoms with van der Waals surface area (Å²) in [6, 6.07) is 3.97. The summed E-state index contributed by atoms with van der Waals surface area (Å²) < 4.78 is 39.9. The highest BCUT2D eigenvalue weighted by atomic mass is 32.1. The molecule has 3 atom stereocenters. The second-order valence-electron chi connectivity index (χ2n) is 7.87. The van der Waals surface area contributed by atoms with Crippen LogP contribution in [0, 0.1) is 0 Å². The first-order chi connectivity index (χ1) is 14.3. The topological polar surface area (TPSA) is 104 Å². The molecular formula is C19H20F2N4O4S. The molecule has 3 aliphatic heterocycles. The quantitative estimate of drug-likeness (QED) is 0.538. The molecule has 8 nitrogen and oxygen atoms in total. The summed E-state index contributed by atoms with van der Waals surface area (Å²) in [5, 5.41) is 24.9.